The van der Waals surface area contributed by atoms with Crippen molar-refractivity contribution in [2.75, 3.05) is 13.1 Å². The number of aromatic nitrogens is 2. The molecule has 3 heteroatoms. The van der Waals surface area contributed by atoms with E-state index < -0.39 is 0 Å². The molecular weight excluding hydrogens is 234 g/mol. The minimum Gasteiger partial charge on any atom is -0.316 e. The molecule has 2 aromatic rings. The molecule has 1 N–H and O–H groups in total. The van der Waals surface area contributed by atoms with Crippen molar-refractivity contribution in [2.45, 2.75) is 32.1 Å². The van der Waals surface area contributed by atoms with E-state index in [1.807, 2.05) is 6.20 Å². The molecule has 3 nitrogen and oxygen atoms in total. The standard InChI is InChI=1S/C16H21N3/c1-2-13-12-18-19(15-8-4-3-5-9-15)16(13)14-7-6-10-17-11-14/h3-5,8-9,12,14,17H,2,6-7,10-11H2,1H3. The summed E-state index contributed by atoms with van der Waals surface area (Å²) in [5, 5.41) is 8.13. The Balaban J connectivity index is 2.03. The molecule has 1 fully saturated rings. The number of nitrogens with one attached hydrogen (secondary N) is 1. The van der Waals surface area contributed by atoms with Crippen molar-refractivity contribution < 1.29 is 0 Å². The Labute approximate surface area is 114 Å². The Morgan fingerprint density at radius 3 is 2.84 bits per heavy atom. The maximum atomic E-state index is 4.62. The van der Waals surface area contributed by atoms with Crippen molar-refractivity contribution in [1.82, 2.24) is 15.1 Å². The third-order valence-electron chi connectivity index (χ3n) is 3.95. The smallest absolute Gasteiger partial charge is 0.0649 e. The van der Waals surface area contributed by atoms with E-state index in [0.29, 0.717) is 5.92 Å². The average Bonchev–Trinajstić information content (AvgIpc) is 2.93. The van der Waals surface area contributed by atoms with E-state index in [4.69, 9.17) is 0 Å². The molecule has 0 saturated carbocycles. The summed E-state index contributed by atoms with van der Waals surface area (Å²) in [6.07, 6.45) is 5.61. The van der Waals surface area contributed by atoms with Crippen LogP contribution in [0.15, 0.2) is 36.5 Å². The highest BCUT2D eigenvalue weighted by Crippen LogP contribution is 2.28. The largest absolute Gasteiger partial charge is 0.316 e. The van der Waals surface area contributed by atoms with Crippen LogP contribution in [0.25, 0.3) is 5.69 Å². The number of nitrogens with zero attached hydrogens (tertiary/aromatic N) is 2. The zero-order valence-electron chi connectivity index (χ0n) is 11.5. The highest BCUT2D eigenvalue weighted by Gasteiger charge is 2.22. The zero-order valence-corrected chi connectivity index (χ0v) is 11.5. The first kappa shape index (κ1) is 12.4. The lowest BCUT2D eigenvalue weighted by Gasteiger charge is -2.25. The lowest BCUT2D eigenvalue weighted by atomic mass is 9.92. The van der Waals surface area contributed by atoms with Crippen LogP contribution in [0.5, 0.6) is 0 Å². The zero-order chi connectivity index (χ0) is 13.1. The summed E-state index contributed by atoms with van der Waals surface area (Å²) < 4.78 is 2.14. The normalized spacial score (nSPS) is 19.5. The van der Waals surface area contributed by atoms with Gasteiger partial charge in [0.1, 0.15) is 0 Å². The Morgan fingerprint density at radius 2 is 2.16 bits per heavy atom. The Bertz CT molecular complexity index is 524. The fraction of sp³-hybridized carbons (Fsp3) is 0.438. The van der Waals surface area contributed by atoms with Crippen molar-refractivity contribution in [3.05, 3.63) is 47.8 Å². The van der Waals surface area contributed by atoms with Crippen LogP contribution in [0, 0.1) is 0 Å². The van der Waals surface area contributed by atoms with Crippen LogP contribution in [-0.4, -0.2) is 22.9 Å². The Morgan fingerprint density at radius 1 is 1.32 bits per heavy atom. The van der Waals surface area contributed by atoms with Crippen molar-refractivity contribution in [3.63, 3.8) is 0 Å². The Hall–Kier alpha value is -1.61. The maximum absolute atomic E-state index is 4.62. The quantitative estimate of drug-likeness (QED) is 0.914. The fourth-order valence-corrected chi connectivity index (χ4v) is 2.96. The number of para-hydroxylation sites is 1. The maximum Gasteiger partial charge on any atom is 0.0649 e. The van der Waals surface area contributed by atoms with E-state index in [-0.39, 0.29) is 0 Å². The van der Waals surface area contributed by atoms with Gasteiger partial charge in [-0.1, -0.05) is 25.1 Å². The second-order valence-electron chi connectivity index (χ2n) is 5.20. The number of piperidine rings is 1. The van der Waals surface area contributed by atoms with Crippen LogP contribution in [0.1, 0.15) is 36.9 Å². The van der Waals surface area contributed by atoms with E-state index in [2.05, 4.69) is 52.4 Å². The van der Waals surface area contributed by atoms with Gasteiger partial charge in [-0.3, -0.25) is 0 Å². The highest BCUT2D eigenvalue weighted by molar-refractivity contribution is 5.36. The molecule has 0 bridgehead atoms. The average molecular weight is 255 g/mol. The second kappa shape index (κ2) is 5.57. The first-order chi connectivity index (χ1) is 9.40. The van der Waals surface area contributed by atoms with E-state index in [1.54, 1.807) is 0 Å². The molecule has 1 atom stereocenters. The molecule has 1 aliphatic heterocycles. The summed E-state index contributed by atoms with van der Waals surface area (Å²) in [5.41, 5.74) is 3.96. The SMILES string of the molecule is CCc1cnn(-c2ccccc2)c1C1CCCNC1. The summed E-state index contributed by atoms with van der Waals surface area (Å²) in [6.45, 7) is 4.44. The van der Waals surface area contributed by atoms with Crippen molar-refractivity contribution in [1.29, 1.82) is 0 Å². The monoisotopic (exact) mass is 255 g/mol. The summed E-state index contributed by atoms with van der Waals surface area (Å²) in [7, 11) is 0. The first-order valence-electron chi connectivity index (χ1n) is 7.23. The van der Waals surface area contributed by atoms with Gasteiger partial charge in [0.15, 0.2) is 0 Å². The summed E-state index contributed by atoms with van der Waals surface area (Å²) in [5.74, 6) is 0.589. The second-order valence-corrected chi connectivity index (χ2v) is 5.20. The molecule has 0 spiro atoms. The van der Waals surface area contributed by atoms with Gasteiger partial charge >= 0.3 is 0 Å². The van der Waals surface area contributed by atoms with E-state index in [9.17, 15) is 0 Å². The molecule has 100 valence electrons. The lowest BCUT2D eigenvalue weighted by Crippen LogP contribution is -2.30. The van der Waals surface area contributed by atoms with Crippen molar-refractivity contribution in [2.24, 2.45) is 0 Å². The van der Waals surface area contributed by atoms with Gasteiger partial charge in [-0.2, -0.15) is 5.10 Å². The molecule has 19 heavy (non-hydrogen) atoms. The van der Waals surface area contributed by atoms with E-state index >= 15 is 0 Å². The predicted octanol–water partition coefficient (Wildman–Crippen LogP) is 2.90. The molecule has 1 aromatic heterocycles. The van der Waals surface area contributed by atoms with Crippen LogP contribution in [0.2, 0.25) is 0 Å². The third kappa shape index (κ3) is 2.43. The van der Waals surface area contributed by atoms with Crippen LogP contribution in [0.4, 0.5) is 0 Å². The van der Waals surface area contributed by atoms with Crippen LogP contribution >= 0.6 is 0 Å². The molecule has 0 radical (unpaired) electrons. The predicted molar refractivity (Wildman–Crippen MR) is 77.8 cm³/mol. The summed E-state index contributed by atoms with van der Waals surface area (Å²) >= 11 is 0. The Kier molecular flexibility index (Phi) is 3.65. The molecule has 1 aliphatic rings. The minimum absolute atomic E-state index is 0.589. The molecule has 1 unspecified atom stereocenters. The summed E-state index contributed by atoms with van der Waals surface area (Å²) in [4.78, 5) is 0. The highest BCUT2D eigenvalue weighted by atomic mass is 15.3. The van der Waals surface area contributed by atoms with Gasteiger partial charge in [0.2, 0.25) is 0 Å². The van der Waals surface area contributed by atoms with Gasteiger partial charge in [-0.15, -0.1) is 0 Å². The van der Waals surface area contributed by atoms with Gasteiger partial charge in [-0.05, 0) is 43.5 Å². The van der Waals surface area contributed by atoms with Crippen LogP contribution in [-0.2, 0) is 6.42 Å². The van der Waals surface area contributed by atoms with Gasteiger partial charge in [0.05, 0.1) is 17.6 Å². The molecule has 0 amide bonds. The van der Waals surface area contributed by atoms with Gasteiger partial charge in [-0.25, -0.2) is 4.68 Å². The topological polar surface area (TPSA) is 29.9 Å². The molecule has 2 heterocycles. The van der Waals surface area contributed by atoms with Crippen molar-refractivity contribution in [3.8, 4) is 5.69 Å². The molecular formula is C16H21N3. The van der Waals surface area contributed by atoms with Gasteiger partial charge in [0.25, 0.3) is 0 Å². The van der Waals surface area contributed by atoms with Crippen LogP contribution < -0.4 is 5.32 Å². The van der Waals surface area contributed by atoms with Gasteiger partial charge in [0, 0.05) is 12.5 Å². The third-order valence-corrected chi connectivity index (χ3v) is 3.95. The number of aryl methyl sites for hydroxylation is 1. The molecule has 3 rings (SSSR count). The fourth-order valence-electron chi connectivity index (χ4n) is 2.96. The number of hydrogen-bond donors (Lipinski definition) is 1. The number of benzene rings is 1. The first-order valence-corrected chi connectivity index (χ1v) is 7.23. The van der Waals surface area contributed by atoms with Crippen LogP contribution in [0.3, 0.4) is 0 Å². The summed E-state index contributed by atoms with van der Waals surface area (Å²) in [6, 6.07) is 10.5. The minimum atomic E-state index is 0.589. The number of rotatable bonds is 3. The molecule has 1 aromatic carbocycles. The van der Waals surface area contributed by atoms with E-state index in [1.165, 1.54) is 29.8 Å². The lowest BCUT2D eigenvalue weighted by molar-refractivity contribution is 0.445. The van der Waals surface area contributed by atoms with E-state index in [0.717, 1.165) is 19.5 Å². The molecule has 1 saturated heterocycles. The number of hydrogen-bond acceptors (Lipinski definition) is 2. The van der Waals surface area contributed by atoms with Gasteiger partial charge < -0.3 is 5.32 Å². The molecule has 0 aliphatic carbocycles. The van der Waals surface area contributed by atoms with Crippen molar-refractivity contribution >= 4 is 0 Å².